The second-order valence-corrected chi connectivity index (χ2v) is 8.85. The van der Waals surface area contributed by atoms with Gasteiger partial charge in [-0.25, -0.2) is 9.59 Å². The number of hydrogen-bond acceptors (Lipinski definition) is 13. The van der Waals surface area contributed by atoms with Gasteiger partial charge in [0.1, 0.15) is 0 Å². The Labute approximate surface area is 216 Å². The Bertz CT molecular complexity index is 1230. The maximum atomic E-state index is 12.5. The topological polar surface area (TPSA) is 158 Å². The second-order valence-electron chi connectivity index (χ2n) is 7.87. The van der Waals surface area contributed by atoms with Gasteiger partial charge in [-0.15, -0.1) is 15.3 Å². The molecule has 0 unspecified atom stereocenters. The molecule has 0 spiro atoms. The predicted molar refractivity (Wildman–Crippen MR) is 133 cm³/mol. The summed E-state index contributed by atoms with van der Waals surface area (Å²) in [5.41, 5.74) is 0.809. The molecule has 1 aromatic carbocycles. The third-order valence-corrected chi connectivity index (χ3v) is 6.00. The summed E-state index contributed by atoms with van der Waals surface area (Å²) in [5, 5.41) is 23.3. The van der Waals surface area contributed by atoms with Crippen molar-refractivity contribution in [2.24, 2.45) is 0 Å². The fourth-order valence-corrected chi connectivity index (χ4v) is 4.32. The lowest BCUT2D eigenvalue weighted by molar-refractivity contribution is -0.115. The molecule has 3 heterocycles. The first-order valence-electron chi connectivity index (χ1n) is 11.5. The third kappa shape index (κ3) is 7.57. The molecule has 1 fully saturated rings. The summed E-state index contributed by atoms with van der Waals surface area (Å²) in [4.78, 5) is 38.0. The van der Waals surface area contributed by atoms with E-state index in [4.69, 9.17) is 4.74 Å². The molecule has 1 atom stereocenters. The molecule has 0 aliphatic carbocycles. The summed E-state index contributed by atoms with van der Waals surface area (Å²) in [7, 11) is 0. The summed E-state index contributed by atoms with van der Waals surface area (Å²) in [5.74, 6) is -0.177. The van der Waals surface area contributed by atoms with E-state index in [0.29, 0.717) is 15.8 Å². The average molecular weight is 528 g/mol. The first-order valence-corrected chi connectivity index (χ1v) is 12.3. The van der Waals surface area contributed by atoms with Gasteiger partial charge >= 0.3 is 12.1 Å². The zero-order valence-electron chi connectivity index (χ0n) is 20.0. The molecule has 1 saturated heterocycles. The molecule has 13 nitrogen and oxygen atoms in total. The highest BCUT2D eigenvalue weighted by Gasteiger charge is 2.24. The van der Waals surface area contributed by atoms with E-state index in [0.717, 1.165) is 25.3 Å². The Kier molecular flexibility index (Phi) is 8.75. The predicted octanol–water partition coefficient (Wildman–Crippen LogP) is 2.49. The van der Waals surface area contributed by atoms with Crippen LogP contribution in [0.15, 0.2) is 42.6 Å². The lowest BCUT2D eigenvalue weighted by Gasteiger charge is -2.16. The van der Waals surface area contributed by atoms with Crippen molar-refractivity contribution < 1.29 is 28.6 Å². The molecule has 2 N–H and O–H groups in total. The van der Waals surface area contributed by atoms with Gasteiger partial charge in [0.25, 0.3) is 0 Å². The van der Waals surface area contributed by atoms with E-state index in [-0.39, 0.29) is 30.5 Å². The molecule has 37 heavy (non-hydrogen) atoms. The van der Waals surface area contributed by atoms with E-state index in [1.54, 1.807) is 25.3 Å². The van der Waals surface area contributed by atoms with Crippen molar-refractivity contribution in [3.05, 3.63) is 53.7 Å². The van der Waals surface area contributed by atoms with Gasteiger partial charge < -0.3 is 29.7 Å². The minimum atomic E-state index is -0.928. The normalized spacial score (nSPS) is 14.6. The maximum absolute atomic E-state index is 12.5. The standard InChI is InChI=1S/C23H25N7O6S/c1-2-34-23(33)36-14-35-20(32)16-6-3-5-15(11-16)12-19(31)26-22-29-28-21(37-22)25-17-8-10-30(13-17)18-7-4-9-24-27-18/h3-7,9,11,17H,2,8,10,12-14H2,1H3,(H,25,28)(H,26,29,31)/t17-/m1/s1. The van der Waals surface area contributed by atoms with Crippen LogP contribution in [0.5, 0.6) is 0 Å². The molecule has 1 aliphatic heterocycles. The van der Waals surface area contributed by atoms with Crippen molar-refractivity contribution >= 4 is 45.4 Å². The molecule has 3 aromatic rings. The highest BCUT2D eigenvalue weighted by atomic mass is 32.1. The summed E-state index contributed by atoms with van der Waals surface area (Å²) < 4.78 is 14.1. The van der Waals surface area contributed by atoms with E-state index in [1.807, 2.05) is 12.1 Å². The molecular formula is C23H25N7O6S. The average Bonchev–Trinajstić information content (AvgIpc) is 3.54. The number of rotatable bonds is 10. The van der Waals surface area contributed by atoms with Crippen LogP contribution in [0.1, 0.15) is 29.3 Å². The molecule has 194 valence electrons. The third-order valence-electron chi connectivity index (χ3n) is 5.23. The number of benzene rings is 1. The van der Waals surface area contributed by atoms with Crippen LogP contribution in [0.3, 0.4) is 0 Å². The van der Waals surface area contributed by atoms with Crippen molar-refractivity contribution in [3.63, 3.8) is 0 Å². The smallest absolute Gasteiger partial charge is 0.435 e. The van der Waals surface area contributed by atoms with Crippen molar-refractivity contribution in [3.8, 4) is 0 Å². The summed E-state index contributed by atoms with van der Waals surface area (Å²) >= 11 is 1.24. The van der Waals surface area contributed by atoms with Crippen molar-refractivity contribution in [2.75, 3.05) is 42.0 Å². The Morgan fingerprint density at radius 1 is 1.08 bits per heavy atom. The molecule has 0 bridgehead atoms. The number of hydrogen-bond donors (Lipinski definition) is 2. The summed E-state index contributed by atoms with van der Waals surface area (Å²) in [6, 6.07) is 10.4. The van der Waals surface area contributed by atoms with Crippen molar-refractivity contribution in [2.45, 2.75) is 25.8 Å². The molecular weight excluding hydrogens is 502 g/mol. The van der Waals surface area contributed by atoms with Crippen LogP contribution in [0.25, 0.3) is 0 Å². The van der Waals surface area contributed by atoms with Gasteiger partial charge in [0.15, 0.2) is 5.82 Å². The Morgan fingerprint density at radius 3 is 2.76 bits per heavy atom. The van der Waals surface area contributed by atoms with Gasteiger partial charge in [0, 0.05) is 25.3 Å². The van der Waals surface area contributed by atoms with Crippen LogP contribution < -0.4 is 15.5 Å². The largest absolute Gasteiger partial charge is 0.511 e. The zero-order valence-corrected chi connectivity index (χ0v) is 20.8. The zero-order chi connectivity index (χ0) is 26.0. The van der Waals surface area contributed by atoms with E-state index in [2.05, 4.69) is 45.4 Å². The number of amides is 1. The highest BCUT2D eigenvalue weighted by Crippen LogP contribution is 2.24. The lowest BCUT2D eigenvalue weighted by Crippen LogP contribution is -2.26. The summed E-state index contributed by atoms with van der Waals surface area (Å²) in [6.45, 7) is 2.81. The molecule has 2 aromatic heterocycles. The lowest BCUT2D eigenvalue weighted by atomic mass is 10.1. The van der Waals surface area contributed by atoms with Crippen LogP contribution in [-0.2, 0) is 25.4 Å². The van der Waals surface area contributed by atoms with Gasteiger partial charge in [-0.05, 0) is 43.2 Å². The first-order chi connectivity index (χ1) is 18.0. The number of carbonyl (C=O) groups is 3. The maximum Gasteiger partial charge on any atom is 0.511 e. The van der Waals surface area contributed by atoms with Crippen LogP contribution >= 0.6 is 11.3 Å². The molecule has 4 rings (SSSR count). The molecule has 0 radical (unpaired) electrons. The molecule has 0 saturated carbocycles. The van der Waals surface area contributed by atoms with Gasteiger partial charge in [0.2, 0.25) is 23.0 Å². The minimum Gasteiger partial charge on any atom is -0.435 e. The monoisotopic (exact) mass is 527 g/mol. The van der Waals surface area contributed by atoms with Gasteiger partial charge in [-0.2, -0.15) is 5.10 Å². The van der Waals surface area contributed by atoms with Crippen LogP contribution in [0.4, 0.5) is 20.9 Å². The highest BCUT2D eigenvalue weighted by molar-refractivity contribution is 7.19. The quantitative estimate of drug-likeness (QED) is 0.294. The van der Waals surface area contributed by atoms with Gasteiger partial charge in [-0.3, -0.25) is 4.79 Å². The number of carbonyl (C=O) groups excluding carboxylic acids is 3. The van der Waals surface area contributed by atoms with Gasteiger partial charge in [0.05, 0.1) is 18.6 Å². The van der Waals surface area contributed by atoms with Crippen LogP contribution in [-0.4, -0.2) is 71.0 Å². The fourth-order valence-electron chi connectivity index (χ4n) is 3.59. The van der Waals surface area contributed by atoms with Crippen LogP contribution in [0, 0.1) is 0 Å². The minimum absolute atomic E-state index is 0.0124. The molecule has 14 heteroatoms. The Morgan fingerprint density at radius 2 is 1.95 bits per heavy atom. The molecule has 1 amide bonds. The van der Waals surface area contributed by atoms with Gasteiger partial charge in [-0.1, -0.05) is 23.5 Å². The number of ether oxygens (including phenoxy) is 3. The van der Waals surface area contributed by atoms with E-state index >= 15 is 0 Å². The second kappa shape index (κ2) is 12.6. The number of anilines is 3. The summed E-state index contributed by atoms with van der Waals surface area (Å²) in [6.07, 6.45) is 1.64. The Hall–Kier alpha value is -4.33. The first kappa shape index (κ1) is 25.8. The van der Waals surface area contributed by atoms with E-state index in [9.17, 15) is 14.4 Å². The fraction of sp³-hybridized carbons (Fsp3) is 0.348. The van der Waals surface area contributed by atoms with Crippen molar-refractivity contribution in [1.29, 1.82) is 0 Å². The Balaban J connectivity index is 1.23. The van der Waals surface area contributed by atoms with Crippen LogP contribution in [0.2, 0.25) is 0 Å². The number of esters is 1. The number of nitrogens with one attached hydrogen (secondary N) is 2. The molecule has 1 aliphatic rings. The number of aromatic nitrogens is 4. The van der Waals surface area contributed by atoms with E-state index < -0.39 is 18.9 Å². The number of nitrogens with zero attached hydrogens (tertiary/aromatic N) is 5. The van der Waals surface area contributed by atoms with E-state index in [1.165, 1.54) is 23.5 Å². The SMILES string of the molecule is CCOC(=O)OCOC(=O)c1cccc(CC(=O)Nc2nnc(N[C@@H]3CCN(c4cccnn4)C3)s2)c1. The van der Waals surface area contributed by atoms with Crippen molar-refractivity contribution in [1.82, 2.24) is 20.4 Å².